The number of nitrogens with one attached hydrogen (secondary N) is 2. The van der Waals surface area contributed by atoms with Crippen molar-refractivity contribution in [3.8, 4) is 5.82 Å². The Morgan fingerprint density at radius 1 is 1.17 bits per heavy atom. The number of carbonyl (C=O) groups excluding carboxylic acids is 1. The molecular weight excluding hydrogens is 371 g/mol. The van der Waals surface area contributed by atoms with E-state index in [1.165, 1.54) is 12.1 Å². The van der Waals surface area contributed by atoms with Gasteiger partial charge in [-0.15, -0.1) is 0 Å². The zero-order valence-electron chi connectivity index (χ0n) is 16.4. The fourth-order valence-electron chi connectivity index (χ4n) is 3.46. The third-order valence-corrected chi connectivity index (χ3v) is 5.20. The molecule has 0 unspecified atom stereocenters. The number of nitrogens with zero attached hydrogens (tertiary/aromatic N) is 4. The molecule has 1 fully saturated rings. The number of hydrogen-bond donors (Lipinski definition) is 2. The number of aromatic nitrogens is 4. The van der Waals surface area contributed by atoms with Gasteiger partial charge in [0.25, 0.3) is 0 Å². The lowest BCUT2D eigenvalue weighted by atomic mass is 9.95. The normalized spacial score (nSPS) is 14.4. The minimum atomic E-state index is -0.509. The van der Waals surface area contributed by atoms with Crippen molar-refractivity contribution in [1.29, 1.82) is 0 Å². The first-order valence-electron chi connectivity index (χ1n) is 9.62. The van der Waals surface area contributed by atoms with Gasteiger partial charge in [0, 0.05) is 31.5 Å². The molecule has 1 saturated carbocycles. The molecule has 1 aliphatic carbocycles. The van der Waals surface area contributed by atoms with Gasteiger partial charge < -0.3 is 10.6 Å². The van der Waals surface area contributed by atoms with Gasteiger partial charge in [0.2, 0.25) is 5.91 Å². The molecule has 1 amide bonds. The van der Waals surface area contributed by atoms with E-state index in [4.69, 9.17) is 0 Å². The van der Waals surface area contributed by atoms with Gasteiger partial charge in [0.1, 0.15) is 29.1 Å². The molecule has 4 rings (SSSR count). The molecule has 0 saturated heterocycles. The second kappa shape index (κ2) is 7.62. The predicted molar refractivity (Wildman–Crippen MR) is 107 cm³/mol. The lowest BCUT2D eigenvalue weighted by Crippen LogP contribution is -2.37. The Kier molecular flexibility index (Phi) is 5.00. The molecule has 7 nitrogen and oxygen atoms in total. The molecule has 0 radical (unpaired) electrons. The Morgan fingerprint density at radius 3 is 2.59 bits per heavy atom. The molecule has 1 aromatic carbocycles. The summed E-state index contributed by atoms with van der Waals surface area (Å²) >= 11 is 0. The van der Waals surface area contributed by atoms with Gasteiger partial charge in [-0.2, -0.15) is 0 Å². The summed E-state index contributed by atoms with van der Waals surface area (Å²) < 4.78 is 15.0. The highest BCUT2D eigenvalue weighted by Gasteiger charge is 2.50. The van der Waals surface area contributed by atoms with Crippen molar-refractivity contribution in [1.82, 2.24) is 24.8 Å². The highest BCUT2D eigenvalue weighted by atomic mass is 19.1. The minimum absolute atomic E-state index is 0.0143. The van der Waals surface area contributed by atoms with Crippen LogP contribution in [0, 0.1) is 19.7 Å². The van der Waals surface area contributed by atoms with E-state index in [1.54, 1.807) is 18.3 Å². The largest absolute Gasteiger partial charge is 0.368 e. The summed E-state index contributed by atoms with van der Waals surface area (Å²) in [6.45, 7) is 4.74. The van der Waals surface area contributed by atoms with Crippen LogP contribution in [0.3, 0.4) is 0 Å². The van der Waals surface area contributed by atoms with E-state index < -0.39 is 5.41 Å². The number of imidazole rings is 1. The molecular formula is C21H23FN6O. The van der Waals surface area contributed by atoms with Crippen molar-refractivity contribution >= 4 is 11.7 Å². The van der Waals surface area contributed by atoms with Crippen LogP contribution >= 0.6 is 0 Å². The number of halogens is 1. The Hall–Kier alpha value is -3.29. The summed E-state index contributed by atoms with van der Waals surface area (Å²) in [4.78, 5) is 25.7. The Bertz CT molecular complexity index is 1030. The fraction of sp³-hybridized carbons (Fsp3) is 0.333. The summed E-state index contributed by atoms with van der Waals surface area (Å²) in [5.41, 5.74) is 0.363. The van der Waals surface area contributed by atoms with Crippen molar-refractivity contribution in [3.05, 3.63) is 65.8 Å². The maximum Gasteiger partial charge on any atom is 0.230 e. The number of amides is 1. The lowest BCUT2D eigenvalue weighted by molar-refractivity contribution is -0.123. The average molecular weight is 394 g/mol. The quantitative estimate of drug-likeness (QED) is 0.602. The zero-order chi connectivity index (χ0) is 20.4. The summed E-state index contributed by atoms with van der Waals surface area (Å²) in [5.74, 6) is 2.62. The van der Waals surface area contributed by atoms with Gasteiger partial charge in [-0.3, -0.25) is 9.36 Å². The molecule has 2 heterocycles. The third-order valence-electron chi connectivity index (χ3n) is 5.20. The SMILES string of the molecule is Cc1nc(NCCNC(=O)C2(c3ccc(F)cc3)CC2)cc(-n2ccnc2C)n1. The van der Waals surface area contributed by atoms with Crippen molar-refractivity contribution < 1.29 is 9.18 Å². The Morgan fingerprint density at radius 2 is 1.93 bits per heavy atom. The number of aryl methyl sites for hydroxylation is 2. The molecule has 2 N–H and O–H groups in total. The Balaban J connectivity index is 1.34. The van der Waals surface area contributed by atoms with Crippen LogP contribution in [-0.2, 0) is 10.2 Å². The van der Waals surface area contributed by atoms with Gasteiger partial charge >= 0.3 is 0 Å². The van der Waals surface area contributed by atoms with Crippen LogP contribution in [0.25, 0.3) is 5.82 Å². The van der Waals surface area contributed by atoms with Crippen molar-refractivity contribution in [3.63, 3.8) is 0 Å². The second-order valence-corrected chi connectivity index (χ2v) is 7.27. The second-order valence-electron chi connectivity index (χ2n) is 7.27. The van der Waals surface area contributed by atoms with Gasteiger partial charge in [0.15, 0.2) is 0 Å². The number of anilines is 1. The van der Waals surface area contributed by atoms with E-state index >= 15 is 0 Å². The van der Waals surface area contributed by atoms with Gasteiger partial charge in [-0.1, -0.05) is 12.1 Å². The smallest absolute Gasteiger partial charge is 0.230 e. The molecule has 0 spiro atoms. The number of carbonyl (C=O) groups is 1. The first-order chi connectivity index (χ1) is 14.0. The van der Waals surface area contributed by atoms with E-state index in [2.05, 4.69) is 25.6 Å². The number of hydrogen-bond acceptors (Lipinski definition) is 5. The molecule has 0 bridgehead atoms. The van der Waals surface area contributed by atoms with Crippen LogP contribution in [0.5, 0.6) is 0 Å². The molecule has 0 atom stereocenters. The highest BCUT2D eigenvalue weighted by Crippen LogP contribution is 2.48. The number of benzene rings is 1. The van der Waals surface area contributed by atoms with Crippen LogP contribution in [-0.4, -0.2) is 38.5 Å². The van der Waals surface area contributed by atoms with E-state index in [0.717, 1.165) is 30.0 Å². The van der Waals surface area contributed by atoms with E-state index in [-0.39, 0.29) is 11.7 Å². The number of rotatable bonds is 7. The standard InChI is InChI=1S/C21H23FN6O/c1-14-26-18(13-19(27-14)28-12-11-23-15(28)2)24-9-10-25-20(29)21(7-8-21)16-3-5-17(22)6-4-16/h3-6,11-13H,7-10H2,1-2H3,(H,25,29)(H,24,26,27). The summed E-state index contributed by atoms with van der Waals surface area (Å²) in [7, 11) is 0. The maximum atomic E-state index is 13.2. The highest BCUT2D eigenvalue weighted by molar-refractivity contribution is 5.91. The van der Waals surface area contributed by atoms with Gasteiger partial charge in [-0.05, 0) is 44.4 Å². The van der Waals surface area contributed by atoms with Gasteiger partial charge in [-0.25, -0.2) is 19.3 Å². The maximum absolute atomic E-state index is 13.2. The van der Waals surface area contributed by atoms with Crippen LogP contribution in [0.15, 0.2) is 42.7 Å². The molecule has 3 aromatic rings. The van der Waals surface area contributed by atoms with E-state index in [1.807, 2.05) is 30.7 Å². The topological polar surface area (TPSA) is 84.7 Å². The lowest BCUT2D eigenvalue weighted by Gasteiger charge is -2.16. The molecule has 150 valence electrons. The Labute approximate surface area is 168 Å². The monoisotopic (exact) mass is 394 g/mol. The average Bonchev–Trinajstić information content (AvgIpc) is 3.40. The fourth-order valence-corrected chi connectivity index (χ4v) is 3.46. The molecule has 0 aliphatic heterocycles. The predicted octanol–water partition coefficient (Wildman–Crippen LogP) is 2.68. The summed E-state index contributed by atoms with van der Waals surface area (Å²) in [6.07, 6.45) is 5.16. The third kappa shape index (κ3) is 3.96. The van der Waals surface area contributed by atoms with Crippen LogP contribution < -0.4 is 10.6 Å². The summed E-state index contributed by atoms with van der Waals surface area (Å²) in [6, 6.07) is 8.06. The van der Waals surface area contributed by atoms with Crippen LogP contribution in [0.4, 0.5) is 10.2 Å². The molecule has 2 aromatic heterocycles. The van der Waals surface area contributed by atoms with Crippen molar-refractivity contribution in [2.45, 2.75) is 32.1 Å². The van der Waals surface area contributed by atoms with E-state index in [9.17, 15) is 9.18 Å². The zero-order valence-corrected chi connectivity index (χ0v) is 16.4. The molecule has 29 heavy (non-hydrogen) atoms. The van der Waals surface area contributed by atoms with Crippen molar-refractivity contribution in [2.75, 3.05) is 18.4 Å². The summed E-state index contributed by atoms with van der Waals surface area (Å²) in [5, 5.41) is 6.21. The first kappa shape index (κ1) is 19.0. The minimum Gasteiger partial charge on any atom is -0.368 e. The van der Waals surface area contributed by atoms with Crippen LogP contribution in [0.2, 0.25) is 0 Å². The molecule has 8 heteroatoms. The van der Waals surface area contributed by atoms with Crippen LogP contribution in [0.1, 0.15) is 30.1 Å². The first-order valence-corrected chi connectivity index (χ1v) is 9.62. The van der Waals surface area contributed by atoms with Crippen molar-refractivity contribution in [2.24, 2.45) is 0 Å². The van der Waals surface area contributed by atoms with Gasteiger partial charge in [0.05, 0.1) is 5.41 Å². The molecule has 1 aliphatic rings. The van der Waals surface area contributed by atoms with E-state index in [0.29, 0.717) is 24.7 Å².